The summed E-state index contributed by atoms with van der Waals surface area (Å²) < 4.78 is 70.6. The van der Waals surface area contributed by atoms with Crippen molar-refractivity contribution < 1.29 is 91.5 Å². The molecule has 2 heterocycles. The zero-order chi connectivity index (χ0) is 36.4. The Kier molecular flexibility index (Phi) is 13.2. The van der Waals surface area contributed by atoms with E-state index >= 15 is 0 Å². The van der Waals surface area contributed by atoms with Crippen LogP contribution in [0.2, 0.25) is 0 Å². The fraction of sp³-hybridized carbons (Fsp3) is 0.303. The van der Waals surface area contributed by atoms with Crippen molar-refractivity contribution in [1.82, 2.24) is 10.6 Å². The molecule has 0 saturated heterocycles. The summed E-state index contributed by atoms with van der Waals surface area (Å²) in [6.45, 7) is 7.59. The number of carbonyl (C=O) groups excluding carboxylic acids is 2. The Morgan fingerprint density at radius 3 is 1.94 bits per heavy atom. The molecule has 0 unspecified atom stereocenters. The van der Waals surface area contributed by atoms with E-state index in [1.54, 1.807) is 78.9 Å². The van der Waals surface area contributed by atoms with Gasteiger partial charge in [0.05, 0.1) is 5.41 Å². The fourth-order valence-corrected chi connectivity index (χ4v) is 7.18. The van der Waals surface area contributed by atoms with E-state index in [2.05, 4.69) is 21.3 Å². The standard InChI is InChI=1S/C33H40N6O8S2.K/c1-32(2)24-18-22(36-30(40)34-5)14-16-26(24)38(20-48(42,43)44)28(32)12-10-8-7-9-11-13-29-33(3,4)25-19-23(37-31(41)35-6)15-17-27(25)39(29)21-49(45,46)47;/h7-19H,20-21H2,1-6H3,(H5-,34,35,36,37,40,41,42,43,44,45,46,47);/q;+1. The average Bonchev–Trinajstić information content (AvgIpc) is 3.32. The Morgan fingerprint density at radius 2 is 1.38 bits per heavy atom. The zero-order valence-electron chi connectivity index (χ0n) is 28.9. The molecule has 5 N–H and O–H groups in total. The smallest absolute Gasteiger partial charge is 0.743 e. The molecule has 17 heteroatoms. The van der Waals surface area contributed by atoms with Gasteiger partial charge in [0.2, 0.25) is 11.6 Å². The average molecular weight is 752 g/mol. The molecule has 2 aromatic carbocycles. The number of anilines is 3. The van der Waals surface area contributed by atoms with Gasteiger partial charge in [0.25, 0.3) is 10.1 Å². The second-order valence-electron chi connectivity index (χ2n) is 12.4. The molecule has 262 valence electrons. The van der Waals surface area contributed by atoms with E-state index in [4.69, 9.17) is 0 Å². The van der Waals surface area contributed by atoms with Crippen LogP contribution in [0.3, 0.4) is 0 Å². The summed E-state index contributed by atoms with van der Waals surface area (Å²) in [6, 6.07) is 9.31. The Bertz CT molecular complexity index is 2050. The van der Waals surface area contributed by atoms with Gasteiger partial charge < -0.3 is 30.7 Å². The first-order valence-electron chi connectivity index (χ1n) is 15.1. The number of fused-ring (bicyclic) bond motifs is 2. The first-order chi connectivity index (χ1) is 22.8. The maximum atomic E-state index is 12.0. The van der Waals surface area contributed by atoms with Gasteiger partial charge in [-0.25, -0.2) is 18.0 Å². The number of amides is 4. The van der Waals surface area contributed by atoms with Crippen LogP contribution in [0.5, 0.6) is 0 Å². The molecule has 0 bridgehead atoms. The van der Waals surface area contributed by atoms with E-state index in [1.807, 2.05) is 27.7 Å². The molecule has 0 spiro atoms. The van der Waals surface area contributed by atoms with Crippen molar-refractivity contribution in [3.05, 3.63) is 95.8 Å². The number of nitrogens with one attached hydrogen (secondary N) is 4. The van der Waals surface area contributed by atoms with Crippen LogP contribution in [-0.4, -0.2) is 74.1 Å². The maximum absolute atomic E-state index is 12.0. The van der Waals surface area contributed by atoms with E-state index < -0.39 is 54.9 Å². The summed E-state index contributed by atoms with van der Waals surface area (Å²) in [7, 11) is -6.06. The molecule has 50 heavy (non-hydrogen) atoms. The van der Waals surface area contributed by atoms with Gasteiger partial charge >= 0.3 is 63.4 Å². The third kappa shape index (κ3) is 9.59. The Balaban J connectivity index is 0.00000676. The van der Waals surface area contributed by atoms with Gasteiger partial charge in [-0.05, 0) is 55.8 Å². The first-order valence-corrected chi connectivity index (χ1v) is 18.3. The normalized spacial score (nSPS) is 17.3. The topological polar surface area (TPSA) is 200 Å². The molecule has 2 aliphatic rings. The molecule has 0 fully saturated rings. The summed E-state index contributed by atoms with van der Waals surface area (Å²) in [6.07, 6.45) is 12.0. The van der Waals surface area contributed by atoms with Crippen molar-refractivity contribution in [3.8, 4) is 0 Å². The van der Waals surface area contributed by atoms with Crippen molar-refractivity contribution >= 4 is 60.8 Å². The van der Waals surface area contributed by atoms with Gasteiger partial charge in [-0.3, -0.25) is 4.55 Å². The Labute approximate surface area is 335 Å². The molecule has 2 aromatic rings. The van der Waals surface area contributed by atoms with Gasteiger partial charge in [0, 0.05) is 60.0 Å². The second-order valence-corrected chi connectivity index (χ2v) is 15.2. The van der Waals surface area contributed by atoms with Crippen molar-refractivity contribution in [3.63, 3.8) is 0 Å². The zero-order valence-corrected chi connectivity index (χ0v) is 33.7. The molecule has 0 radical (unpaired) electrons. The van der Waals surface area contributed by atoms with Crippen LogP contribution in [0.25, 0.3) is 0 Å². The quantitative estimate of drug-likeness (QED) is 0.103. The van der Waals surface area contributed by atoms with Crippen LogP contribution in [0.15, 0.2) is 84.6 Å². The van der Waals surface area contributed by atoms with Crippen LogP contribution in [-0.2, 0) is 31.1 Å². The molecule has 14 nitrogen and oxygen atoms in total. The number of benzene rings is 2. The van der Waals surface area contributed by atoms with Gasteiger partial charge in [0.1, 0.15) is 0 Å². The third-order valence-electron chi connectivity index (χ3n) is 8.29. The summed E-state index contributed by atoms with van der Waals surface area (Å²) in [5, 5.41) is 10.4. The molecule has 0 aromatic heterocycles. The summed E-state index contributed by atoms with van der Waals surface area (Å²) >= 11 is 0. The predicted molar refractivity (Wildman–Crippen MR) is 189 cm³/mol. The number of hydrogen-bond acceptors (Lipinski definition) is 8. The van der Waals surface area contributed by atoms with Crippen molar-refractivity contribution in [2.45, 2.75) is 38.5 Å². The number of carbonyl (C=O) groups is 2. The van der Waals surface area contributed by atoms with E-state index in [1.165, 1.54) is 23.6 Å². The minimum atomic E-state index is -4.64. The van der Waals surface area contributed by atoms with E-state index in [0.717, 1.165) is 11.1 Å². The molecule has 4 rings (SSSR count). The van der Waals surface area contributed by atoms with Crippen molar-refractivity contribution in [2.75, 3.05) is 41.4 Å². The van der Waals surface area contributed by atoms with Crippen LogP contribution < -0.4 is 77.6 Å². The number of allylic oxidation sites excluding steroid dienone is 8. The molecular formula is C33H40KN6O8S2+. The molecule has 0 aliphatic carbocycles. The van der Waals surface area contributed by atoms with Crippen LogP contribution in [0, 0.1) is 0 Å². The Hall–Kier alpha value is -3.13. The molecule has 4 amide bonds. The minimum absolute atomic E-state index is 0. The number of nitrogens with zero attached hydrogens (tertiary/aromatic N) is 2. The van der Waals surface area contributed by atoms with Gasteiger partial charge in [-0.2, -0.15) is 13.0 Å². The van der Waals surface area contributed by atoms with Gasteiger partial charge in [-0.1, -0.05) is 44.2 Å². The van der Waals surface area contributed by atoms with Crippen LogP contribution in [0.1, 0.15) is 38.8 Å². The largest absolute Gasteiger partial charge is 1.00 e. The van der Waals surface area contributed by atoms with E-state index in [-0.39, 0.29) is 51.4 Å². The van der Waals surface area contributed by atoms with Gasteiger partial charge in [0.15, 0.2) is 21.7 Å². The van der Waals surface area contributed by atoms with Gasteiger partial charge in [-0.15, -0.1) is 0 Å². The number of urea groups is 2. The van der Waals surface area contributed by atoms with E-state index in [9.17, 15) is 35.5 Å². The molecule has 0 atom stereocenters. The first kappa shape index (κ1) is 41.3. The molecule has 2 aliphatic heterocycles. The minimum Gasteiger partial charge on any atom is -0.743 e. The molecule has 0 saturated carbocycles. The second kappa shape index (κ2) is 16.0. The number of rotatable bonds is 10. The molecular weight excluding hydrogens is 712 g/mol. The van der Waals surface area contributed by atoms with Crippen molar-refractivity contribution in [2.24, 2.45) is 0 Å². The fourth-order valence-electron chi connectivity index (χ4n) is 5.98. The van der Waals surface area contributed by atoms with Crippen molar-refractivity contribution in [1.29, 1.82) is 0 Å². The van der Waals surface area contributed by atoms with E-state index in [0.29, 0.717) is 34.2 Å². The Morgan fingerprint density at radius 1 is 0.840 bits per heavy atom. The number of hydrogen-bond donors (Lipinski definition) is 5. The monoisotopic (exact) mass is 751 g/mol. The summed E-state index contributed by atoms with van der Waals surface area (Å²) in [5.41, 5.74) is 3.34. The van der Waals surface area contributed by atoms with Crippen LogP contribution in [0.4, 0.5) is 32.3 Å². The summed E-state index contributed by atoms with van der Waals surface area (Å²) in [5.74, 6) is -1.44. The SMILES string of the molecule is CNC(=O)Nc1ccc2c(c1)C(C)(C)C(/C=C/C=C/C=C/C=C1/N(CS(=O)(=O)O)c3ccc(NC(=O)NC)cc3C1(C)C)=[N+]2CS(=O)(=O)[O-].[K+]. The predicted octanol–water partition coefficient (Wildman–Crippen LogP) is 1.27. The maximum Gasteiger partial charge on any atom is 1.00 e. The van der Waals surface area contributed by atoms with Crippen LogP contribution >= 0.6 is 0 Å². The summed E-state index contributed by atoms with van der Waals surface area (Å²) in [4.78, 5) is 25.2. The third-order valence-corrected chi connectivity index (χ3v) is 9.44.